The Hall–Kier alpha value is -3.03. The molecule has 8 heteroatoms. The van der Waals surface area contributed by atoms with Crippen LogP contribution in [0.1, 0.15) is 11.8 Å². The normalized spacial score (nSPS) is 17.3. The number of fused-ring (bicyclic) bond motifs is 1. The van der Waals surface area contributed by atoms with Crippen LogP contribution in [0.5, 0.6) is 0 Å². The van der Waals surface area contributed by atoms with Crippen molar-refractivity contribution in [3.63, 3.8) is 0 Å². The zero-order valence-electron chi connectivity index (χ0n) is 12.0. The van der Waals surface area contributed by atoms with Crippen molar-refractivity contribution in [2.45, 2.75) is 6.04 Å². The zero-order chi connectivity index (χ0) is 15.9. The quantitative estimate of drug-likeness (QED) is 0.729. The molecule has 114 valence electrons. The number of carbonyl (C=O) groups is 3. The van der Waals surface area contributed by atoms with E-state index in [9.17, 15) is 14.4 Å². The van der Waals surface area contributed by atoms with Gasteiger partial charge in [0.2, 0.25) is 0 Å². The minimum absolute atomic E-state index is 0.245. The van der Waals surface area contributed by atoms with Crippen molar-refractivity contribution in [3.8, 4) is 0 Å². The van der Waals surface area contributed by atoms with Gasteiger partial charge in [0.15, 0.2) is 6.04 Å². The van der Waals surface area contributed by atoms with Crippen molar-refractivity contribution in [1.82, 2.24) is 15.5 Å². The number of hydrogen-bond acceptors (Lipinski definition) is 4. The van der Waals surface area contributed by atoms with Crippen LogP contribution in [0.25, 0.3) is 11.0 Å². The van der Waals surface area contributed by atoms with Gasteiger partial charge in [-0.15, -0.1) is 0 Å². The molecule has 0 radical (unpaired) electrons. The number of nitrogens with zero attached hydrogens (tertiary/aromatic N) is 1. The summed E-state index contributed by atoms with van der Waals surface area (Å²) in [6, 6.07) is 5.16. The molecule has 3 N–H and O–H groups in total. The molecular formula is C14H14N4O4. The maximum atomic E-state index is 11.6. The van der Waals surface area contributed by atoms with Gasteiger partial charge in [-0.05, 0) is 24.3 Å². The fourth-order valence-corrected chi connectivity index (χ4v) is 2.14. The predicted octanol–water partition coefficient (Wildman–Crippen LogP) is 1.41. The van der Waals surface area contributed by atoms with Crippen molar-refractivity contribution in [2.24, 2.45) is 0 Å². The summed E-state index contributed by atoms with van der Waals surface area (Å²) in [6.45, 7) is 0. The van der Waals surface area contributed by atoms with Crippen LogP contribution in [0, 0.1) is 0 Å². The van der Waals surface area contributed by atoms with E-state index in [2.05, 4.69) is 16.0 Å². The highest BCUT2D eigenvalue weighted by molar-refractivity contribution is 6.04. The lowest BCUT2D eigenvalue weighted by Gasteiger charge is -2.11. The number of rotatable bonds is 2. The Bertz CT molecular complexity index is 780. The Labute approximate surface area is 125 Å². The van der Waals surface area contributed by atoms with Crippen LogP contribution < -0.4 is 16.0 Å². The first-order valence-electron chi connectivity index (χ1n) is 6.57. The number of amides is 5. The summed E-state index contributed by atoms with van der Waals surface area (Å²) in [4.78, 5) is 35.8. The molecule has 1 unspecified atom stereocenters. The molecule has 0 spiro atoms. The smallest absolute Gasteiger partial charge is 0.322 e. The van der Waals surface area contributed by atoms with Gasteiger partial charge >= 0.3 is 12.1 Å². The van der Waals surface area contributed by atoms with Gasteiger partial charge in [0, 0.05) is 25.2 Å². The fraction of sp³-hybridized carbons (Fsp3) is 0.214. The van der Waals surface area contributed by atoms with Gasteiger partial charge in [0.25, 0.3) is 5.91 Å². The second-order valence-corrected chi connectivity index (χ2v) is 5.12. The number of furan rings is 1. The third kappa shape index (κ3) is 2.46. The molecule has 0 aliphatic carbocycles. The Morgan fingerprint density at radius 3 is 2.68 bits per heavy atom. The minimum Gasteiger partial charge on any atom is -0.458 e. The summed E-state index contributed by atoms with van der Waals surface area (Å²) in [5.41, 5.74) is 1.17. The lowest BCUT2D eigenvalue weighted by atomic mass is 10.2. The lowest BCUT2D eigenvalue weighted by molar-refractivity contribution is -0.120. The van der Waals surface area contributed by atoms with E-state index in [4.69, 9.17) is 4.42 Å². The zero-order valence-corrected chi connectivity index (χ0v) is 12.0. The van der Waals surface area contributed by atoms with Crippen LogP contribution in [-0.2, 0) is 4.79 Å². The van der Waals surface area contributed by atoms with E-state index in [0.717, 1.165) is 5.39 Å². The molecule has 0 bridgehead atoms. The molecule has 8 nitrogen and oxygen atoms in total. The number of nitrogens with one attached hydrogen (secondary N) is 3. The Morgan fingerprint density at radius 1 is 1.27 bits per heavy atom. The number of carbonyl (C=O) groups excluding carboxylic acids is 3. The highest BCUT2D eigenvalue weighted by Gasteiger charge is 2.33. The first kappa shape index (κ1) is 13.9. The van der Waals surface area contributed by atoms with Crippen LogP contribution in [0.4, 0.5) is 15.3 Å². The SMILES string of the molecule is CN(C)C(=O)Nc1ccc2oc(C3NC(=O)NC3=O)cc2c1. The number of benzene rings is 1. The van der Waals surface area contributed by atoms with E-state index in [0.29, 0.717) is 17.0 Å². The lowest BCUT2D eigenvalue weighted by Crippen LogP contribution is -2.27. The number of anilines is 1. The molecule has 1 saturated heterocycles. The van der Waals surface area contributed by atoms with Crippen molar-refractivity contribution in [1.29, 1.82) is 0 Å². The van der Waals surface area contributed by atoms with E-state index < -0.39 is 18.0 Å². The molecule has 1 atom stereocenters. The Morgan fingerprint density at radius 2 is 2.05 bits per heavy atom. The molecule has 2 heterocycles. The molecular weight excluding hydrogens is 288 g/mol. The van der Waals surface area contributed by atoms with Crippen molar-refractivity contribution in [3.05, 3.63) is 30.0 Å². The Kier molecular flexibility index (Phi) is 3.21. The average molecular weight is 302 g/mol. The molecule has 22 heavy (non-hydrogen) atoms. The van der Waals surface area contributed by atoms with Crippen molar-refractivity contribution in [2.75, 3.05) is 19.4 Å². The average Bonchev–Trinajstić information content (AvgIpc) is 3.00. The van der Waals surface area contributed by atoms with Crippen LogP contribution in [0.2, 0.25) is 0 Å². The molecule has 1 aromatic carbocycles. The monoisotopic (exact) mass is 302 g/mol. The summed E-state index contributed by atoms with van der Waals surface area (Å²) in [5, 5.41) is 8.07. The molecule has 5 amide bonds. The number of hydrogen-bond donors (Lipinski definition) is 3. The van der Waals surface area contributed by atoms with Crippen LogP contribution in [0.15, 0.2) is 28.7 Å². The van der Waals surface area contributed by atoms with Gasteiger partial charge in [0.05, 0.1) is 0 Å². The number of urea groups is 2. The van der Waals surface area contributed by atoms with Crippen LogP contribution >= 0.6 is 0 Å². The number of imide groups is 1. The summed E-state index contributed by atoms with van der Waals surface area (Å²) < 4.78 is 5.58. The largest absolute Gasteiger partial charge is 0.458 e. The Balaban J connectivity index is 1.89. The molecule has 1 fully saturated rings. The highest BCUT2D eigenvalue weighted by atomic mass is 16.3. The summed E-state index contributed by atoms with van der Waals surface area (Å²) in [6.07, 6.45) is 0. The van der Waals surface area contributed by atoms with Crippen LogP contribution in [-0.4, -0.2) is 37.0 Å². The molecule has 0 saturated carbocycles. The standard InChI is InChI=1S/C14H14N4O4/c1-18(2)14(21)15-8-3-4-9-7(5-8)6-10(22-9)11-12(19)17-13(20)16-11/h3-6,11H,1-2H3,(H,15,21)(H2,16,17,19,20). The third-order valence-electron chi connectivity index (χ3n) is 3.25. The van der Waals surface area contributed by atoms with E-state index in [1.165, 1.54) is 4.90 Å². The molecule has 3 rings (SSSR count). The van der Waals surface area contributed by atoms with E-state index >= 15 is 0 Å². The summed E-state index contributed by atoms with van der Waals surface area (Å²) >= 11 is 0. The molecule has 1 aromatic heterocycles. The van der Waals surface area contributed by atoms with Gasteiger partial charge in [-0.25, -0.2) is 9.59 Å². The maximum absolute atomic E-state index is 11.6. The van der Waals surface area contributed by atoms with Gasteiger partial charge in [-0.2, -0.15) is 0 Å². The van der Waals surface area contributed by atoms with Gasteiger partial charge in [-0.1, -0.05) is 0 Å². The van der Waals surface area contributed by atoms with E-state index in [1.54, 1.807) is 38.4 Å². The topological polar surface area (TPSA) is 104 Å². The van der Waals surface area contributed by atoms with Gasteiger partial charge in [0.1, 0.15) is 11.3 Å². The first-order chi connectivity index (χ1) is 10.4. The maximum Gasteiger partial charge on any atom is 0.322 e. The van der Waals surface area contributed by atoms with Crippen molar-refractivity contribution >= 4 is 34.6 Å². The van der Waals surface area contributed by atoms with Gasteiger partial charge < -0.3 is 20.0 Å². The van der Waals surface area contributed by atoms with Crippen LogP contribution in [0.3, 0.4) is 0 Å². The summed E-state index contributed by atoms with van der Waals surface area (Å²) in [5.74, 6) is -0.111. The van der Waals surface area contributed by atoms with Crippen molar-refractivity contribution < 1.29 is 18.8 Å². The van der Waals surface area contributed by atoms with E-state index in [-0.39, 0.29) is 6.03 Å². The molecule has 1 aliphatic heterocycles. The predicted molar refractivity (Wildman–Crippen MR) is 78.3 cm³/mol. The van der Waals surface area contributed by atoms with Gasteiger partial charge in [-0.3, -0.25) is 10.1 Å². The minimum atomic E-state index is -0.834. The summed E-state index contributed by atoms with van der Waals surface area (Å²) in [7, 11) is 3.29. The first-order valence-corrected chi connectivity index (χ1v) is 6.57. The highest BCUT2D eigenvalue weighted by Crippen LogP contribution is 2.27. The molecule has 2 aromatic rings. The second kappa shape index (κ2) is 5.06. The second-order valence-electron chi connectivity index (χ2n) is 5.12. The third-order valence-corrected chi connectivity index (χ3v) is 3.25. The molecule has 1 aliphatic rings. The fourth-order valence-electron chi connectivity index (χ4n) is 2.14. The van der Waals surface area contributed by atoms with E-state index in [1.807, 2.05) is 0 Å².